The number of carbonyl (C=O) groups is 1. The van der Waals surface area contributed by atoms with Gasteiger partial charge in [-0.05, 0) is 37.9 Å². The lowest BCUT2D eigenvalue weighted by Gasteiger charge is -2.18. The van der Waals surface area contributed by atoms with Crippen molar-refractivity contribution in [3.8, 4) is 0 Å². The number of urea groups is 1. The van der Waals surface area contributed by atoms with Crippen molar-refractivity contribution >= 4 is 6.03 Å². The van der Waals surface area contributed by atoms with E-state index in [-0.39, 0.29) is 12.1 Å². The molecule has 2 aliphatic heterocycles. The standard InChI is InChI=1S/C15H21N3O/c1-11-3-2-4-13(7-11)14-10-18(15(19)17-14)9-12-5-6-16-8-12/h2-4,7,12,14,16H,5-6,8-10H2,1H3,(H,17,19). The van der Waals surface area contributed by atoms with Gasteiger partial charge in [-0.1, -0.05) is 29.8 Å². The predicted octanol–water partition coefficient (Wildman–Crippen LogP) is 1.67. The average Bonchev–Trinajstić information content (AvgIpc) is 3.01. The molecule has 2 aliphatic rings. The number of nitrogens with zero attached hydrogens (tertiary/aromatic N) is 1. The Hall–Kier alpha value is -1.55. The minimum absolute atomic E-state index is 0.0819. The van der Waals surface area contributed by atoms with Crippen LogP contribution in [-0.4, -0.2) is 37.1 Å². The van der Waals surface area contributed by atoms with Gasteiger partial charge < -0.3 is 15.5 Å². The van der Waals surface area contributed by atoms with Gasteiger partial charge in [0, 0.05) is 13.1 Å². The number of aryl methyl sites for hydroxylation is 1. The molecule has 102 valence electrons. The van der Waals surface area contributed by atoms with Crippen molar-refractivity contribution in [1.29, 1.82) is 0 Å². The molecule has 2 fully saturated rings. The fourth-order valence-electron chi connectivity index (χ4n) is 3.00. The minimum Gasteiger partial charge on any atom is -0.329 e. The number of amides is 2. The monoisotopic (exact) mass is 259 g/mol. The zero-order valence-corrected chi connectivity index (χ0v) is 11.4. The summed E-state index contributed by atoms with van der Waals surface area (Å²) in [5.41, 5.74) is 2.45. The molecule has 1 aromatic carbocycles. The van der Waals surface area contributed by atoms with Crippen LogP contribution < -0.4 is 10.6 Å². The van der Waals surface area contributed by atoms with Crippen molar-refractivity contribution in [3.63, 3.8) is 0 Å². The van der Waals surface area contributed by atoms with Crippen LogP contribution in [-0.2, 0) is 0 Å². The van der Waals surface area contributed by atoms with E-state index in [1.807, 2.05) is 4.90 Å². The third kappa shape index (κ3) is 2.73. The van der Waals surface area contributed by atoms with Crippen molar-refractivity contribution in [2.75, 3.05) is 26.2 Å². The van der Waals surface area contributed by atoms with Gasteiger partial charge in [-0.15, -0.1) is 0 Å². The highest BCUT2D eigenvalue weighted by atomic mass is 16.2. The Morgan fingerprint density at radius 1 is 1.42 bits per heavy atom. The molecule has 19 heavy (non-hydrogen) atoms. The summed E-state index contributed by atoms with van der Waals surface area (Å²) in [7, 11) is 0. The number of nitrogens with one attached hydrogen (secondary N) is 2. The fourth-order valence-corrected chi connectivity index (χ4v) is 3.00. The smallest absolute Gasteiger partial charge is 0.318 e. The lowest BCUT2D eigenvalue weighted by molar-refractivity contribution is 0.210. The molecule has 0 aromatic heterocycles. The van der Waals surface area contributed by atoms with Crippen LogP contribution in [0.5, 0.6) is 0 Å². The normalized spacial score (nSPS) is 26.8. The summed E-state index contributed by atoms with van der Waals surface area (Å²) >= 11 is 0. The lowest BCUT2D eigenvalue weighted by atomic mass is 10.0. The summed E-state index contributed by atoms with van der Waals surface area (Å²) in [4.78, 5) is 14.0. The Kier molecular flexibility index (Phi) is 3.42. The molecular formula is C15H21N3O. The van der Waals surface area contributed by atoms with Crippen LogP contribution in [0.1, 0.15) is 23.6 Å². The molecule has 2 N–H and O–H groups in total. The second-order valence-electron chi connectivity index (χ2n) is 5.68. The van der Waals surface area contributed by atoms with E-state index in [1.54, 1.807) is 0 Å². The van der Waals surface area contributed by atoms with Crippen LogP contribution >= 0.6 is 0 Å². The minimum atomic E-state index is 0.0819. The number of carbonyl (C=O) groups excluding carboxylic acids is 1. The maximum atomic E-state index is 12.0. The largest absolute Gasteiger partial charge is 0.329 e. The van der Waals surface area contributed by atoms with Crippen molar-refractivity contribution in [2.24, 2.45) is 5.92 Å². The maximum Gasteiger partial charge on any atom is 0.318 e. The fraction of sp³-hybridized carbons (Fsp3) is 0.533. The van der Waals surface area contributed by atoms with Gasteiger partial charge in [0.15, 0.2) is 0 Å². The molecule has 4 nitrogen and oxygen atoms in total. The Balaban J connectivity index is 1.65. The summed E-state index contributed by atoms with van der Waals surface area (Å²) in [5.74, 6) is 0.613. The van der Waals surface area contributed by atoms with Gasteiger partial charge in [-0.2, -0.15) is 0 Å². The first-order chi connectivity index (χ1) is 9.22. The van der Waals surface area contributed by atoms with Crippen LogP contribution in [0.25, 0.3) is 0 Å². The molecule has 1 aromatic rings. The van der Waals surface area contributed by atoms with E-state index in [2.05, 4.69) is 41.8 Å². The van der Waals surface area contributed by atoms with E-state index in [0.717, 1.165) is 26.2 Å². The summed E-state index contributed by atoms with van der Waals surface area (Å²) in [6.07, 6.45) is 1.18. The lowest BCUT2D eigenvalue weighted by Crippen LogP contribution is -2.33. The molecule has 0 spiro atoms. The first-order valence-corrected chi connectivity index (χ1v) is 7.05. The van der Waals surface area contributed by atoms with Gasteiger partial charge in [-0.25, -0.2) is 4.79 Å². The van der Waals surface area contributed by atoms with E-state index in [4.69, 9.17) is 0 Å². The molecule has 2 atom stereocenters. The Bertz CT molecular complexity index is 468. The van der Waals surface area contributed by atoms with Gasteiger partial charge >= 0.3 is 6.03 Å². The molecule has 0 bridgehead atoms. The second kappa shape index (κ2) is 5.21. The molecular weight excluding hydrogens is 238 g/mol. The quantitative estimate of drug-likeness (QED) is 0.867. The van der Waals surface area contributed by atoms with E-state index < -0.39 is 0 Å². The van der Waals surface area contributed by atoms with Gasteiger partial charge in [0.2, 0.25) is 0 Å². The first kappa shape index (κ1) is 12.5. The summed E-state index contributed by atoms with van der Waals surface area (Å²) in [5, 5.41) is 6.44. The number of hydrogen-bond acceptors (Lipinski definition) is 2. The zero-order valence-electron chi connectivity index (χ0n) is 11.4. The second-order valence-corrected chi connectivity index (χ2v) is 5.68. The molecule has 0 saturated carbocycles. The highest BCUT2D eigenvalue weighted by Gasteiger charge is 2.31. The first-order valence-electron chi connectivity index (χ1n) is 7.05. The Morgan fingerprint density at radius 3 is 3.05 bits per heavy atom. The molecule has 2 amide bonds. The van der Waals surface area contributed by atoms with E-state index in [9.17, 15) is 4.79 Å². The van der Waals surface area contributed by atoms with Crippen molar-refractivity contribution in [3.05, 3.63) is 35.4 Å². The molecule has 4 heteroatoms. The van der Waals surface area contributed by atoms with Gasteiger partial charge in [0.05, 0.1) is 6.04 Å². The Labute approximate surface area is 114 Å². The third-order valence-electron chi connectivity index (χ3n) is 4.07. The van der Waals surface area contributed by atoms with E-state index in [1.165, 1.54) is 17.5 Å². The molecule has 2 heterocycles. The molecule has 2 saturated heterocycles. The van der Waals surface area contributed by atoms with E-state index in [0.29, 0.717) is 5.92 Å². The molecule has 0 aliphatic carbocycles. The highest BCUT2D eigenvalue weighted by molar-refractivity contribution is 5.77. The van der Waals surface area contributed by atoms with E-state index >= 15 is 0 Å². The van der Waals surface area contributed by atoms with Crippen molar-refractivity contribution in [2.45, 2.75) is 19.4 Å². The van der Waals surface area contributed by atoms with Crippen molar-refractivity contribution < 1.29 is 4.79 Å². The third-order valence-corrected chi connectivity index (χ3v) is 4.07. The Morgan fingerprint density at radius 2 is 2.32 bits per heavy atom. The van der Waals surface area contributed by atoms with Crippen molar-refractivity contribution in [1.82, 2.24) is 15.5 Å². The topological polar surface area (TPSA) is 44.4 Å². The van der Waals surface area contributed by atoms with Gasteiger partial charge in [0.1, 0.15) is 0 Å². The van der Waals surface area contributed by atoms with Crippen LogP contribution in [0, 0.1) is 12.8 Å². The van der Waals surface area contributed by atoms with Crippen LogP contribution in [0.15, 0.2) is 24.3 Å². The maximum absolute atomic E-state index is 12.0. The van der Waals surface area contributed by atoms with Crippen LogP contribution in [0.3, 0.4) is 0 Å². The summed E-state index contributed by atoms with van der Waals surface area (Å²) < 4.78 is 0. The highest BCUT2D eigenvalue weighted by Crippen LogP contribution is 2.22. The summed E-state index contributed by atoms with van der Waals surface area (Å²) in [6, 6.07) is 8.62. The number of hydrogen-bond donors (Lipinski definition) is 2. The number of rotatable bonds is 3. The van der Waals surface area contributed by atoms with Gasteiger partial charge in [-0.3, -0.25) is 0 Å². The SMILES string of the molecule is Cc1cccc(C2CN(CC3CCNC3)C(=O)N2)c1. The van der Waals surface area contributed by atoms with Gasteiger partial charge in [0.25, 0.3) is 0 Å². The summed E-state index contributed by atoms with van der Waals surface area (Å²) in [6.45, 7) is 5.88. The molecule has 3 rings (SSSR count). The van der Waals surface area contributed by atoms with Crippen LogP contribution in [0.4, 0.5) is 4.79 Å². The number of benzene rings is 1. The zero-order chi connectivity index (χ0) is 13.2. The molecule has 2 unspecified atom stereocenters. The average molecular weight is 259 g/mol. The predicted molar refractivity (Wildman–Crippen MR) is 75.0 cm³/mol. The molecule has 0 radical (unpaired) electrons. The van der Waals surface area contributed by atoms with Crippen LogP contribution in [0.2, 0.25) is 0 Å².